The molecular formula is C15H30F2O. The van der Waals surface area contributed by atoms with Gasteiger partial charge in [-0.3, -0.25) is 0 Å². The number of ether oxygens (including phenoxy) is 1. The lowest BCUT2D eigenvalue weighted by Gasteiger charge is -2.30. The molecule has 0 aromatic heterocycles. The molecule has 0 unspecified atom stereocenters. The number of hydrogen-bond donors (Lipinski definition) is 0. The predicted molar refractivity (Wildman–Crippen MR) is 75.2 cm³/mol. The first-order valence-corrected chi connectivity index (χ1v) is 6.93. The van der Waals surface area contributed by atoms with Crippen LogP contribution in [0.5, 0.6) is 0 Å². The van der Waals surface area contributed by atoms with E-state index in [2.05, 4.69) is 13.8 Å². The van der Waals surface area contributed by atoms with E-state index < -0.39 is 5.92 Å². The van der Waals surface area contributed by atoms with Crippen molar-refractivity contribution in [3.05, 3.63) is 12.2 Å². The van der Waals surface area contributed by atoms with Crippen LogP contribution in [0.4, 0.5) is 8.78 Å². The Morgan fingerprint density at radius 3 is 1.94 bits per heavy atom. The highest BCUT2D eigenvalue weighted by molar-refractivity contribution is 4.93. The van der Waals surface area contributed by atoms with Crippen LogP contribution in [-0.4, -0.2) is 19.6 Å². The van der Waals surface area contributed by atoms with Crippen molar-refractivity contribution in [3.63, 3.8) is 0 Å². The summed E-state index contributed by atoms with van der Waals surface area (Å²) in [6.45, 7) is 9.86. The molecule has 18 heavy (non-hydrogen) atoms. The first-order valence-electron chi connectivity index (χ1n) is 6.93. The Hall–Kier alpha value is -0.440. The summed E-state index contributed by atoms with van der Waals surface area (Å²) in [7, 11) is 1.69. The summed E-state index contributed by atoms with van der Waals surface area (Å²) in [5.41, 5.74) is 0.141. The van der Waals surface area contributed by atoms with E-state index in [-0.39, 0.29) is 5.41 Å². The molecule has 0 saturated heterocycles. The van der Waals surface area contributed by atoms with Gasteiger partial charge in [0.1, 0.15) is 0 Å². The zero-order chi connectivity index (χ0) is 14.7. The number of rotatable bonds is 8. The maximum absolute atomic E-state index is 12.5. The lowest BCUT2D eigenvalue weighted by atomic mass is 9.79. The van der Waals surface area contributed by atoms with Crippen LogP contribution in [0.1, 0.15) is 60.3 Å². The van der Waals surface area contributed by atoms with Gasteiger partial charge < -0.3 is 4.74 Å². The average Bonchev–Trinajstić information content (AvgIpc) is 2.34. The van der Waals surface area contributed by atoms with Gasteiger partial charge in [0.05, 0.1) is 6.61 Å². The maximum atomic E-state index is 12.5. The van der Waals surface area contributed by atoms with Crippen LogP contribution >= 0.6 is 0 Å². The third-order valence-electron chi connectivity index (χ3n) is 3.20. The van der Waals surface area contributed by atoms with Crippen molar-refractivity contribution >= 4 is 0 Å². The van der Waals surface area contributed by atoms with Crippen molar-refractivity contribution in [1.82, 2.24) is 0 Å². The normalized spacial score (nSPS) is 12.4. The Balaban J connectivity index is 0. The summed E-state index contributed by atoms with van der Waals surface area (Å²) in [5.74, 6) is -2.69. The highest BCUT2D eigenvalue weighted by Crippen LogP contribution is 2.32. The van der Waals surface area contributed by atoms with E-state index in [0.717, 1.165) is 32.3 Å². The van der Waals surface area contributed by atoms with E-state index in [1.165, 1.54) is 0 Å². The molecule has 0 N–H and O–H groups in total. The molecule has 0 amide bonds. The second-order valence-corrected chi connectivity index (χ2v) is 4.54. The lowest BCUT2D eigenvalue weighted by Crippen LogP contribution is -2.24. The van der Waals surface area contributed by atoms with Gasteiger partial charge in [-0.25, -0.2) is 8.78 Å². The molecule has 0 bridgehead atoms. The van der Waals surface area contributed by atoms with Gasteiger partial charge in [-0.05, 0) is 37.2 Å². The molecule has 0 rings (SSSR count). The minimum absolute atomic E-state index is 0.141. The molecule has 1 nitrogen and oxygen atoms in total. The summed E-state index contributed by atoms with van der Waals surface area (Å²) in [4.78, 5) is 0. The SMILES string of the molecule is CC.CCC(CC)(CC/C=C/C(C)(F)F)COC. The largest absolute Gasteiger partial charge is 0.384 e. The van der Waals surface area contributed by atoms with Crippen molar-refractivity contribution in [2.75, 3.05) is 13.7 Å². The van der Waals surface area contributed by atoms with E-state index in [0.29, 0.717) is 13.0 Å². The fraction of sp³-hybridized carbons (Fsp3) is 0.867. The fourth-order valence-electron chi connectivity index (χ4n) is 1.87. The van der Waals surface area contributed by atoms with Crippen molar-refractivity contribution < 1.29 is 13.5 Å². The van der Waals surface area contributed by atoms with E-state index in [1.807, 2.05) is 13.8 Å². The van der Waals surface area contributed by atoms with Gasteiger partial charge in [0.25, 0.3) is 5.92 Å². The molecule has 0 atom stereocenters. The van der Waals surface area contributed by atoms with E-state index in [1.54, 1.807) is 13.2 Å². The lowest BCUT2D eigenvalue weighted by molar-refractivity contribution is 0.0649. The molecule has 0 radical (unpaired) electrons. The first-order chi connectivity index (χ1) is 8.39. The van der Waals surface area contributed by atoms with Gasteiger partial charge in [-0.2, -0.15) is 0 Å². The number of halogens is 2. The molecule has 0 aliphatic heterocycles. The van der Waals surface area contributed by atoms with Crippen LogP contribution in [-0.2, 0) is 4.74 Å². The number of alkyl halides is 2. The van der Waals surface area contributed by atoms with Gasteiger partial charge in [-0.15, -0.1) is 0 Å². The summed E-state index contributed by atoms with van der Waals surface area (Å²) in [5, 5.41) is 0. The number of hydrogen-bond acceptors (Lipinski definition) is 1. The predicted octanol–water partition coefficient (Wildman–Crippen LogP) is 5.46. The maximum Gasteiger partial charge on any atom is 0.263 e. The second-order valence-electron chi connectivity index (χ2n) is 4.54. The number of methoxy groups -OCH3 is 1. The van der Waals surface area contributed by atoms with Crippen LogP contribution < -0.4 is 0 Å². The first kappa shape index (κ1) is 19.9. The van der Waals surface area contributed by atoms with Crippen LogP contribution in [0, 0.1) is 5.41 Å². The van der Waals surface area contributed by atoms with Crippen LogP contribution in [0.3, 0.4) is 0 Å². The Kier molecular flexibility index (Phi) is 11.6. The molecule has 0 spiro atoms. The molecule has 0 aromatic carbocycles. The minimum Gasteiger partial charge on any atom is -0.384 e. The topological polar surface area (TPSA) is 9.23 Å². The van der Waals surface area contributed by atoms with Crippen LogP contribution in [0.15, 0.2) is 12.2 Å². The van der Waals surface area contributed by atoms with E-state index in [9.17, 15) is 8.78 Å². The highest BCUT2D eigenvalue weighted by Gasteiger charge is 2.25. The van der Waals surface area contributed by atoms with Gasteiger partial charge in [0.15, 0.2) is 0 Å². The highest BCUT2D eigenvalue weighted by atomic mass is 19.3. The Morgan fingerprint density at radius 2 is 1.61 bits per heavy atom. The van der Waals surface area contributed by atoms with Crippen LogP contribution in [0.2, 0.25) is 0 Å². The van der Waals surface area contributed by atoms with Gasteiger partial charge in [0, 0.05) is 14.0 Å². The van der Waals surface area contributed by atoms with Gasteiger partial charge in [0.2, 0.25) is 0 Å². The molecular weight excluding hydrogens is 234 g/mol. The van der Waals surface area contributed by atoms with Crippen molar-refractivity contribution in [3.8, 4) is 0 Å². The standard InChI is InChI=1S/C13H24F2O.C2H6/c1-5-13(6-2,11-16-4)10-8-7-9-12(3,14)15;1-2/h7,9H,5-6,8,10-11H2,1-4H3;1-2H3/b9-7+;. The second kappa shape index (κ2) is 10.5. The van der Waals surface area contributed by atoms with E-state index in [4.69, 9.17) is 4.74 Å². The summed E-state index contributed by atoms with van der Waals surface area (Å²) in [6, 6.07) is 0. The summed E-state index contributed by atoms with van der Waals surface area (Å²) in [6.07, 6.45) is 6.20. The number of allylic oxidation sites excluding steroid dienone is 2. The molecule has 0 saturated carbocycles. The fourth-order valence-corrected chi connectivity index (χ4v) is 1.87. The quantitative estimate of drug-likeness (QED) is 0.529. The van der Waals surface area contributed by atoms with Crippen molar-refractivity contribution in [1.29, 1.82) is 0 Å². The smallest absolute Gasteiger partial charge is 0.263 e. The molecule has 0 aliphatic carbocycles. The Morgan fingerprint density at radius 1 is 1.11 bits per heavy atom. The third kappa shape index (κ3) is 9.58. The molecule has 0 fully saturated rings. The molecule has 0 aliphatic rings. The van der Waals surface area contributed by atoms with E-state index >= 15 is 0 Å². The molecule has 0 aromatic rings. The summed E-state index contributed by atoms with van der Waals surface area (Å²) < 4.78 is 30.3. The van der Waals surface area contributed by atoms with Crippen molar-refractivity contribution in [2.45, 2.75) is 66.2 Å². The monoisotopic (exact) mass is 264 g/mol. The van der Waals surface area contributed by atoms with Gasteiger partial charge >= 0.3 is 0 Å². The average molecular weight is 264 g/mol. The zero-order valence-electron chi connectivity index (χ0n) is 12.9. The Bertz CT molecular complexity index is 203. The molecule has 110 valence electrons. The summed E-state index contributed by atoms with van der Waals surface area (Å²) >= 11 is 0. The van der Waals surface area contributed by atoms with Crippen LogP contribution in [0.25, 0.3) is 0 Å². The Labute approximate surface area is 112 Å². The molecule has 3 heteroatoms. The van der Waals surface area contributed by atoms with Crippen molar-refractivity contribution in [2.24, 2.45) is 5.41 Å². The van der Waals surface area contributed by atoms with Gasteiger partial charge in [-0.1, -0.05) is 33.8 Å². The molecule has 0 heterocycles. The third-order valence-corrected chi connectivity index (χ3v) is 3.20. The minimum atomic E-state index is -2.69. The zero-order valence-corrected chi connectivity index (χ0v) is 12.9.